The second kappa shape index (κ2) is 4.41. The highest BCUT2D eigenvalue weighted by molar-refractivity contribution is 7.14. The summed E-state index contributed by atoms with van der Waals surface area (Å²) in [4.78, 5) is 8.42. The number of nitrogens with one attached hydrogen (secondary N) is 1. The summed E-state index contributed by atoms with van der Waals surface area (Å²) in [6, 6.07) is 3.02. The Morgan fingerprint density at radius 2 is 2.00 bits per heavy atom. The summed E-state index contributed by atoms with van der Waals surface area (Å²) in [5.74, 6) is -0.336. The first-order valence-electron chi connectivity index (χ1n) is 5.30. The van der Waals surface area contributed by atoms with E-state index in [0.717, 1.165) is 10.8 Å². The van der Waals surface area contributed by atoms with Crippen LogP contribution >= 0.6 is 11.3 Å². The molecule has 0 radical (unpaired) electrons. The van der Waals surface area contributed by atoms with Crippen molar-refractivity contribution >= 4 is 16.5 Å². The van der Waals surface area contributed by atoms with Crippen molar-refractivity contribution in [3.63, 3.8) is 0 Å². The highest BCUT2D eigenvalue weighted by Crippen LogP contribution is 2.25. The third kappa shape index (κ3) is 3.23. The summed E-state index contributed by atoms with van der Waals surface area (Å²) in [5.41, 5.74) is 1.43. The topological polar surface area (TPSA) is 37.8 Å². The van der Waals surface area contributed by atoms with Crippen LogP contribution in [0.25, 0.3) is 11.4 Å². The first-order chi connectivity index (χ1) is 7.94. The van der Waals surface area contributed by atoms with Gasteiger partial charge in [0.1, 0.15) is 11.5 Å². The molecule has 0 aliphatic carbocycles. The van der Waals surface area contributed by atoms with Gasteiger partial charge in [0.15, 0.2) is 5.13 Å². The molecule has 1 N–H and O–H groups in total. The molecule has 2 heterocycles. The van der Waals surface area contributed by atoms with Crippen LogP contribution in [-0.4, -0.2) is 15.5 Å². The lowest BCUT2D eigenvalue weighted by Gasteiger charge is -2.19. The van der Waals surface area contributed by atoms with E-state index >= 15 is 0 Å². The molecule has 17 heavy (non-hydrogen) atoms. The van der Waals surface area contributed by atoms with Gasteiger partial charge in [-0.15, -0.1) is 11.3 Å². The highest BCUT2D eigenvalue weighted by Gasteiger charge is 2.12. The molecule has 0 spiro atoms. The average molecular weight is 251 g/mol. The molecule has 0 aromatic carbocycles. The number of thiazole rings is 1. The molecule has 0 unspecified atom stereocenters. The fraction of sp³-hybridized carbons (Fsp3) is 0.333. The quantitative estimate of drug-likeness (QED) is 0.887. The number of rotatable bonds is 2. The third-order valence-corrected chi connectivity index (χ3v) is 2.73. The highest BCUT2D eigenvalue weighted by atomic mass is 32.1. The maximum Gasteiger partial charge on any atom is 0.183 e. The van der Waals surface area contributed by atoms with Gasteiger partial charge in [-0.3, -0.25) is 4.98 Å². The van der Waals surface area contributed by atoms with Crippen LogP contribution < -0.4 is 5.32 Å². The van der Waals surface area contributed by atoms with Crippen molar-refractivity contribution in [3.05, 3.63) is 29.5 Å². The van der Waals surface area contributed by atoms with Crippen molar-refractivity contribution in [2.24, 2.45) is 0 Å². The number of pyridine rings is 1. The lowest BCUT2D eigenvalue weighted by Crippen LogP contribution is -2.25. The third-order valence-electron chi connectivity index (χ3n) is 1.98. The fourth-order valence-corrected chi connectivity index (χ4v) is 2.21. The number of anilines is 1. The van der Waals surface area contributed by atoms with Gasteiger partial charge < -0.3 is 5.32 Å². The Morgan fingerprint density at radius 3 is 2.59 bits per heavy atom. The van der Waals surface area contributed by atoms with Crippen LogP contribution in [0.1, 0.15) is 20.8 Å². The van der Waals surface area contributed by atoms with E-state index in [1.165, 1.54) is 23.6 Å². The molecule has 0 bridgehead atoms. The molecule has 2 rings (SSSR count). The first kappa shape index (κ1) is 12.0. The van der Waals surface area contributed by atoms with Gasteiger partial charge in [0.2, 0.25) is 0 Å². The SMILES string of the molecule is CC(C)(C)Nc1nc(-c2ccc(F)cn2)cs1. The van der Waals surface area contributed by atoms with E-state index in [1.807, 2.05) is 5.38 Å². The Kier molecular flexibility index (Phi) is 3.11. The van der Waals surface area contributed by atoms with Gasteiger partial charge >= 0.3 is 0 Å². The monoisotopic (exact) mass is 251 g/mol. The van der Waals surface area contributed by atoms with Gasteiger partial charge in [0, 0.05) is 10.9 Å². The molecule has 0 atom stereocenters. The molecule has 3 nitrogen and oxygen atoms in total. The summed E-state index contributed by atoms with van der Waals surface area (Å²) in [6.07, 6.45) is 1.20. The van der Waals surface area contributed by atoms with Gasteiger partial charge in [0.25, 0.3) is 0 Å². The second-order valence-corrected chi connectivity index (χ2v) is 5.63. The Hall–Kier alpha value is -1.49. The Bertz CT molecular complexity index is 499. The molecular weight excluding hydrogens is 237 g/mol. The summed E-state index contributed by atoms with van der Waals surface area (Å²) >= 11 is 1.52. The van der Waals surface area contributed by atoms with Crippen molar-refractivity contribution in [2.45, 2.75) is 26.3 Å². The molecule has 0 amide bonds. The Labute approximate surface area is 104 Å². The molecule has 0 saturated carbocycles. The van der Waals surface area contributed by atoms with E-state index in [9.17, 15) is 4.39 Å². The van der Waals surface area contributed by atoms with E-state index in [1.54, 1.807) is 6.07 Å². The van der Waals surface area contributed by atoms with E-state index in [4.69, 9.17) is 0 Å². The molecule has 5 heteroatoms. The van der Waals surface area contributed by atoms with Crippen LogP contribution in [0.5, 0.6) is 0 Å². The molecule has 0 aliphatic heterocycles. The molecule has 0 aliphatic rings. The van der Waals surface area contributed by atoms with Crippen LogP contribution in [0.2, 0.25) is 0 Å². The second-order valence-electron chi connectivity index (χ2n) is 4.77. The zero-order valence-electron chi connectivity index (χ0n) is 9.99. The molecular formula is C12H14FN3S. The number of hydrogen-bond donors (Lipinski definition) is 1. The first-order valence-corrected chi connectivity index (χ1v) is 6.18. The predicted octanol–water partition coefficient (Wildman–Crippen LogP) is 3.55. The molecule has 0 saturated heterocycles. The van der Waals surface area contributed by atoms with E-state index in [-0.39, 0.29) is 11.4 Å². The largest absolute Gasteiger partial charge is 0.357 e. The molecule has 90 valence electrons. The fourth-order valence-electron chi connectivity index (χ4n) is 1.30. The Balaban J connectivity index is 2.21. The minimum absolute atomic E-state index is 0.0225. The summed E-state index contributed by atoms with van der Waals surface area (Å²) < 4.78 is 12.7. The summed E-state index contributed by atoms with van der Waals surface area (Å²) in [7, 11) is 0. The van der Waals surface area contributed by atoms with E-state index in [0.29, 0.717) is 5.69 Å². The van der Waals surface area contributed by atoms with Gasteiger partial charge in [-0.25, -0.2) is 9.37 Å². The number of aromatic nitrogens is 2. The molecule has 0 fully saturated rings. The number of nitrogens with zero attached hydrogens (tertiary/aromatic N) is 2. The van der Waals surface area contributed by atoms with Crippen molar-refractivity contribution in [3.8, 4) is 11.4 Å². The van der Waals surface area contributed by atoms with E-state index < -0.39 is 0 Å². The van der Waals surface area contributed by atoms with Crippen LogP contribution in [-0.2, 0) is 0 Å². The molecule has 2 aromatic rings. The van der Waals surface area contributed by atoms with Crippen molar-refractivity contribution in [1.82, 2.24) is 9.97 Å². The van der Waals surface area contributed by atoms with Crippen LogP contribution in [0, 0.1) is 5.82 Å². The zero-order valence-corrected chi connectivity index (χ0v) is 10.8. The minimum atomic E-state index is -0.336. The van der Waals surface area contributed by atoms with Gasteiger partial charge in [-0.2, -0.15) is 0 Å². The van der Waals surface area contributed by atoms with Gasteiger partial charge in [0.05, 0.1) is 11.9 Å². The summed E-state index contributed by atoms with van der Waals surface area (Å²) in [5, 5.41) is 6.05. The standard InChI is InChI=1S/C12H14FN3S/c1-12(2,3)16-11-15-10(7-17-11)9-5-4-8(13)6-14-9/h4-7H,1-3H3,(H,15,16). The normalized spacial score (nSPS) is 11.5. The lowest BCUT2D eigenvalue weighted by molar-refractivity contribution is 0.622. The average Bonchev–Trinajstić information content (AvgIpc) is 2.64. The van der Waals surface area contributed by atoms with Crippen LogP contribution in [0.3, 0.4) is 0 Å². The smallest absolute Gasteiger partial charge is 0.183 e. The predicted molar refractivity (Wildman–Crippen MR) is 68.7 cm³/mol. The number of hydrogen-bond acceptors (Lipinski definition) is 4. The number of halogens is 1. The van der Waals surface area contributed by atoms with Crippen LogP contribution in [0.4, 0.5) is 9.52 Å². The summed E-state index contributed by atoms with van der Waals surface area (Å²) in [6.45, 7) is 6.22. The minimum Gasteiger partial charge on any atom is -0.357 e. The lowest BCUT2D eigenvalue weighted by atomic mass is 10.1. The van der Waals surface area contributed by atoms with Crippen molar-refractivity contribution in [1.29, 1.82) is 0 Å². The molecule has 2 aromatic heterocycles. The van der Waals surface area contributed by atoms with E-state index in [2.05, 4.69) is 36.1 Å². The van der Waals surface area contributed by atoms with Gasteiger partial charge in [-0.05, 0) is 32.9 Å². The van der Waals surface area contributed by atoms with Gasteiger partial charge in [-0.1, -0.05) is 0 Å². The van der Waals surface area contributed by atoms with Crippen molar-refractivity contribution in [2.75, 3.05) is 5.32 Å². The Morgan fingerprint density at radius 1 is 1.24 bits per heavy atom. The maximum atomic E-state index is 12.7. The zero-order chi connectivity index (χ0) is 12.5. The van der Waals surface area contributed by atoms with Crippen molar-refractivity contribution < 1.29 is 4.39 Å². The van der Waals surface area contributed by atoms with Crippen LogP contribution in [0.15, 0.2) is 23.7 Å². The maximum absolute atomic E-state index is 12.7.